The third-order valence-corrected chi connectivity index (χ3v) is 4.31. The highest BCUT2D eigenvalue weighted by atomic mass is 35.5. The first-order valence-corrected chi connectivity index (χ1v) is 7.60. The number of hydrogen-bond acceptors (Lipinski definition) is 5. The molecule has 0 aliphatic heterocycles. The lowest BCUT2D eigenvalue weighted by Crippen LogP contribution is -2.11. The van der Waals surface area contributed by atoms with Crippen LogP contribution in [0.25, 0.3) is 11.0 Å². The molecule has 0 aliphatic carbocycles. The van der Waals surface area contributed by atoms with E-state index in [1.165, 1.54) is 11.3 Å². The Morgan fingerprint density at radius 2 is 2.24 bits per heavy atom. The fraction of sp³-hybridized carbons (Fsp3) is 0.214. The van der Waals surface area contributed by atoms with Gasteiger partial charge in [-0.1, -0.05) is 29.9 Å². The summed E-state index contributed by atoms with van der Waals surface area (Å²) in [5.74, 6) is -0.0702. The largest absolute Gasteiger partial charge is 0.451 e. The van der Waals surface area contributed by atoms with Crippen LogP contribution in [0.3, 0.4) is 0 Å². The number of nitrogens with zero attached hydrogens (tertiary/aromatic N) is 2. The number of halogens is 1. The van der Waals surface area contributed by atoms with Crippen molar-refractivity contribution >= 4 is 44.9 Å². The molecule has 3 rings (SSSR count). The molecule has 0 unspecified atom stereocenters. The molecule has 108 valence electrons. The highest BCUT2D eigenvalue weighted by Crippen LogP contribution is 2.28. The van der Waals surface area contributed by atoms with Crippen LogP contribution in [0.4, 0.5) is 5.13 Å². The van der Waals surface area contributed by atoms with E-state index < -0.39 is 0 Å². The van der Waals surface area contributed by atoms with Crippen molar-refractivity contribution in [2.24, 2.45) is 0 Å². The van der Waals surface area contributed by atoms with Gasteiger partial charge in [0, 0.05) is 16.0 Å². The van der Waals surface area contributed by atoms with E-state index in [0.717, 1.165) is 22.4 Å². The molecule has 5 nitrogen and oxygen atoms in total. The predicted molar refractivity (Wildman–Crippen MR) is 83.2 cm³/mol. The number of fused-ring (bicyclic) bond motifs is 1. The summed E-state index contributed by atoms with van der Waals surface area (Å²) in [7, 11) is 0. The Balaban J connectivity index is 1.92. The van der Waals surface area contributed by atoms with Gasteiger partial charge in [-0.25, -0.2) is 0 Å². The van der Waals surface area contributed by atoms with Gasteiger partial charge in [0.1, 0.15) is 10.6 Å². The van der Waals surface area contributed by atoms with Crippen LogP contribution in [0.5, 0.6) is 0 Å². The SMILES string of the molecule is CCc1nnc(NC(=O)c2oc3ccc(Cl)cc3c2C)s1. The maximum absolute atomic E-state index is 12.3. The number of hydrogen-bond donors (Lipinski definition) is 1. The first-order chi connectivity index (χ1) is 10.1. The van der Waals surface area contributed by atoms with E-state index in [2.05, 4.69) is 15.5 Å². The number of carbonyl (C=O) groups excluding carboxylic acids is 1. The second-order valence-electron chi connectivity index (χ2n) is 4.51. The average molecular weight is 322 g/mol. The van der Waals surface area contributed by atoms with Gasteiger partial charge in [0.2, 0.25) is 5.13 Å². The topological polar surface area (TPSA) is 68.0 Å². The van der Waals surface area contributed by atoms with Crippen molar-refractivity contribution in [1.29, 1.82) is 0 Å². The number of carbonyl (C=O) groups is 1. The first kappa shape index (κ1) is 14.0. The van der Waals surface area contributed by atoms with E-state index in [1.54, 1.807) is 18.2 Å². The number of nitrogens with one attached hydrogen (secondary N) is 1. The quantitative estimate of drug-likeness (QED) is 0.789. The molecule has 0 saturated heterocycles. The third kappa shape index (κ3) is 2.64. The summed E-state index contributed by atoms with van der Waals surface area (Å²) in [6, 6.07) is 5.26. The highest BCUT2D eigenvalue weighted by molar-refractivity contribution is 7.15. The monoisotopic (exact) mass is 321 g/mol. The van der Waals surface area contributed by atoms with Gasteiger partial charge in [0.25, 0.3) is 5.91 Å². The lowest BCUT2D eigenvalue weighted by atomic mass is 10.1. The normalized spacial score (nSPS) is 11.0. The lowest BCUT2D eigenvalue weighted by molar-refractivity contribution is 0.0998. The van der Waals surface area contributed by atoms with E-state index in [-0.39, 0.29) is 11.7 Å². The molecule has 0 saturated carbocycles. The predicted octanol–water partition coefficient (Wildman–Crippen LogP) is 4.06. The summed E-state index contributed by atoms with van der Waals surface area (Å²) in [6.45, 7) is 3.81. The van der Waals surface area contributed by atoms with Crippen LogP contribution < -0.4 is 5.32 Å². The Bertz CT molecular complexity index is 825. The molecule has 1 N–H and O–H groups in total. The smallest absolute Gasteiger partial charge is 0.293 e. The zero-order chi connectivity index (χ0) is 15.0. The number of benzene rings is 1. The van der Waals surface area contributed by atoms with Crippen LogP contribution in [-0.4, -0.2) is 16.1 Å². The van der Waals surface area contributed by atoms with Crippen LogP contribution in [-0.2, 0) is 6.42 Å². The van der Waals surface area contributed by atoms with Crippen molar-refractivity contribution < 1.29 is 9.21 Å². The van der Waals surface area contributed by atoms with Crippen molar-refractivity contribution in [3.63, 3.8) is 0 Å². The Hall–Kier alpha value is -1.92. The van der Waals surface area contributed by atoms with Gasteiger partial charge in [-0.2, -0.15) is 0 Å². The zero-order valence-electron chi connectivity index (χ0n) is 11.4. The van der Waals surface area contributed by atoms with Crippen molar-refractivity contribution in [3.05, 3.63) is 39.6 Å². The van der Waals surface area contributed by atoms with Gasteiger partial charge in [-0.15, -0.1) is 10.2 Å². The number of aromatic nitrogens is 2. The molecule has 0 bridgehead atoms. The van der Waals surface area contributed by atoms with Crippen molar-refractivity contribution in [2.75, 3.05) is 5.32 Å². The fourth-order valence-electron chi connectivity index (χ4n) is 2.01. The molecule has 21 heavy (non-hydrogen) atoms. The van der Waals surface area contributed by atoms with E-state index in [1.807, 2.05) is 13.8 Å². The number of furan rings is 1. The van der Waals surface area contributed by atoms with Gasteiger partial charge in [-0.3, -0.25) is 10.1 Å². The Morgan fingerprint density at radius 1 is 1.43 bits per heavy atom. The summed E-state index contributed by atoms with van der Waals surface area (Å²) >= 11 is 7.32. The van der Waals surface area contributed by atoms with Gasteiger partial charge >= 0.3 is 0 Å². The Morgan fingerprint density at radius 3 is 2.95 bits per heavy atom. The summed E-state index contributed by atoms with van der Waals surface area (Å²) in [4.78, 5) is 12.3. The second-order valence-corrected chi connectivity index (χ2v) is 6.00. The van der Waals surface area contributed by atoms with Crippen LogP contribution >= 0.6 is 22.9 Å². The van der Waals surface area contributed by atoms with E-state index in [0.29, 0.717) is 15.7 Å². The van der Waals surface area contributed by atoms with Gasteiger partial charge in [-0.05, 0) is 31.5 Å². The van der Waals surface area contributed by atoms with E-state index >= 15 is 0 Å². The minimum atomic E-state index is -0.335. The van der Waals surface area contributed by atoms with Crippen molar-refractivity contribution in [2.45, 2.75) is 20.3 Å². The molecular formula is C14H12ClN3O2S. The van der Waals surface area contributed by atoms with Crippen LogP contribution in [0.15, 0.2) is 22.6 Å². The van der Waals surface area contributed by atoms with E-state index in [9.17, 15) is 4.79 Å². The van der Waals surface area contributed by atoms with Crippen LogP contribution in [0, 0.1) is 6.92 Å². The van der Waals surface area contributed by atoms with Gasteiger partial charge in [0.05, 0.1) is 0 Å². The second kappa shape index (κ2) is 5.46. The fourth-order valence-corrected chi connectivity index (χ4v) is 2.86. The van der Waals surface area contributed by atoms with Gasteiger partial charge in [0.15, 0.2) is 5.76 Å². The molecule has 0 aliphatic rings. The minimum absolute atomic E-state index is 0.264. The molecule has 0 spiro atoms. The summed E-state index contributed by atoms with van der Waals surface area (Å²) in [5, 5.41) is 13.4. The number of amides is 1. The molecule has 7 heteroatoms. The minimum Gasteiger partial charge on any atom is -0.451 e. The molecular weight excluding hydrogens is 310 g/mol. The number of rotatable bonds is 3. The molecule has 1 aromatic carbocycles. The maximum Gasteiger partial charge on any atom is 0.293 e. The zero-order valence-corrected chi connectivity index (χ0v) is 13.0. The Kier molecular flexibility index (Phi) is 3.65. The standard InChI is InChI=1S/C14H12ClN3O2S/c1-3-11-17-18-14(21-11)16-13(19)12-7(2)9-6-8(15)4-5-10(9)20-12/h4-6H,3H2,1-2H3,(H,16,18,19). The molecule has 0 atom stereocenters. The third-order valence-electron chi connectivity index (χ3n) is 3.09. The van der Waals surface area contributed by atoms with Crippen LogP contribution in [0.2, 0.25) is 5.02 Å². The summed E-state index contributed by atoms with van der Waals surface area (Å²) < 4.78 is 5.61. The van der Waals surface area contributed by atoms with Crippen molar-refractivity contribution in [3.8, 4) is 0 Å². The molecule has 1 amide bonds. The number of anilines is 1. The maximum atomic E-state index is 12.3. The number of aryl methyl sites for hydroxylation is 2. The molecule has 2 heterocycles. The summed E-state index contributed by atoms with van der Waals surface area (Å²) in [6.07, 6.45) is 0.787. The molecule has 3 aromatic rings. The van der Waals surface area contributed by atoms with Gasteiger partial charge < -0.3 is 4.42 Å². The molecule has 0 radical (unpaired) electrons. The van der Waals surface area contributed by atoms with Crippen LogP contribution in [0.1, 0.15) is 28.0 Å². The average Bonchev–Trinajstić information content (AvgIpc) is 3.04. The highest BCUT2D eigenvalue weighted by Gasteiger charge is 2.19. The molecule has 2 aromatic heterocycles. The lowest BCUT2D eigenvalue weighted by Gasteiger charge is -1.98. The van der Waals surface area contributed by atoms with Crippen molar-refractivity contribution in [1.82, 2.24) is 10.2 Å². The molecule has 0 fully saturated rings. The summed E-state index contributed by atoms with van der Waals surface area (Å²) in [5.41, 5.74) is 1.39. The van der Waals surface area contributed by atoms with E-state index in [4.69, 9.17) is 16.0 Å². The Labute approximate surface area is 129 Å². The first-order valence-electron chi connectivity index (χ1n) is 6.41.